The number of benzene rings is 2. The van der Waals surface area contributed by atoms with Crippen molar-refractivity contribution in [2.75, 3.05) is 18.4 Å². The zero-order chi connectivity index (χ0) is 19.0. The first-order chi connectivity index (χ1) is 13.0. The van der Waals surface area contributed by atoms with Crippen LogP contribution in [0, 0.1) is 25.7 Å². The van der Waals surface area contributed by atoms with Crippen LogP contribution in [0.2, 0.25) is 0 Å². The number of fused-ring (bicyclic) bond motifs is 1. The van der Waals surface area contributed by atoms with Crippen molar-refractivity contribution in [3.8, 4) is 0 Å². The first kappa shape index (κ1) is 18.1. The zero-order valence-corrected chi connectivity index (χ0v) is 16.1. The SMILES string of the molecule is Cc1ccc(C)c(NC(=O)N2C[C@H]3CCC[C@](O)(c4ccccc4)[C@H]3C2)c1. The summed E-state index contributed by atoms with van der Waals surface area (Å²) in [7, 11) is 0. The number of nitrogens with zero attached hydrogens (tertiary/aromatic N) is 1. The lowest BCUT2D eigenvalue weighted by Gasteiger charge is -2.41. The molecule has 0 bridgehead atoms. The molecule has 2 aromatic carbocycles. The van der Waals surface area contributed by atoms with Crippen molar-refractivity contribution in [3.63, 3.8) is 0 Å². The Kier molecular flexibility index (Phi) is 4.68. The van der Waals surface area contributed by atoms with Crippen LogP contribution in [0.1, 0.15) is 36.0 Å². The molecule has 2 amide bonds. The van der Waals surface area contributed by atoms with Gasteiger partial charge in [0, 0.05) is 24.7 Å². The highest BCUT2D eigenvalue weighted by molar-refractivity contribution is 5.90. The number of rotatable bonds is 2. The van der Waals surface area contributed by atoms with Crippen LogP contribution in [0.5, 0.6) is 0 Å². The second-order valence-corrected chi connectivity index (χ2v) is 8.20. The van der Waals surface area contributed by atoms with E-state index in [0.717, 1.165) is 48.2 Å². The third kappa shape index (κ3) is 3.34. The number of aryl methyl sites for hydroxylation is 2. The van der Waals surface area contributed by atoms with Gasteiger partial charge in [-0.1, -0.05) is 42.5 Å². The van der Waals surface area contributed by atoms with E-state index in [9.17, 15) is 9.90 Å². The maximum atomic E-state index is 12.9. The second-order valence-electron chi connectivity index (χ2n) is 8.20. The summed E-state index contributed by atoms with van der Waals surface area (Å²) in [5.41, 5.74) is 3.21. The minimum absolute atomic E-state index is 0.0616. The molecule has 2 aliphatic rings. The highest BCUT2D eigenvalue weighted by atomic mass is 16.3. The molecule has 0 aromatic heterocycles. The molecule has 0 radical (unpaired) electrons. The third-order valence-corrected chi connectivity index (χ3v) is 6.38. The molecule has 4 rings (SSSR count). The summed E-state index contributed by atoms with van der Waals surface area (Å²) in [6, 6.07) is 16.0. The second kappa shape index (κ2) is 7.01. The number of amides is 2. The molecule has 1 saturated carbocycles. The molecule has 1 saturated heterocycles. The molecule has 142 valence electrons. The van der Waals surface area contributed by atoms with Crippen molar-refractivity contribution in [1.82, 2.24) is 4.90 Å². The van der Waals surface area contributed by atoms with Gasteiger partial charge in [0.2, 0.25) is 0 Å². The molecule has 1 heterocycles. The smallest absolute Gasteiger partial charge is 0.321 e. The van der Waals surface area contributed by atoms with E-state index in [2.05, 4.69) is 11.4 Å². The Morgan fingerprint density at radius 1 is 1.15 bits per heavy atom. The predicted molar refractivity (Wildman–Crippen MR) is 108 cm³/mol. The topological polar surface area (TPSA) is 52.6 Å². The number of nitrogens with one attached hydrogen (secondary N) is 1. The van der Waals surface area contributed by atoms with Crippen molar-refractivity contribution < 1.29 is 9.90 Å². The molecule has 0 spiro atoms. The summed E-state index contributed by atoms with van der Waals surface area (Å²) >= 11 is 0. The van der Waals surface area contributed by atoms with Gasteiger partial charge in [0.05, 0.1) is 5.60 Å². The highest BCUT2D eigenvalue weighted by Gasteiger charge is 2.50. The Hall–Kier alpha value is -2.33. The average Bonchev–Trinajstić information content (AvgIpc) is 3.12. The number of likely N-dealkylation sites (tertiary alicyclic amines) is 1. The fourth-order valence-electron chi connectivity index (χ4n) is 4.84. The van der Waals surface area contributed by atoms with Crippen LogP contribution in [-0.2, 0) is 5.60 Å². The standard InChI is InChI=1S/C23H28N2O2/c1-16-10-11-17(2)21(13-16)24-22(26)25-14-18-7-6-12-23(27,20(18)15-25)19-8-4-3-5-9-19/h3-5,8-11,13,18,20,27H,6-7,12,14-15H2,1-2H3,(H,24,26)/t18-,20+,23+/m1/s1. The molecule has 4 nitrogen and oxygen atoms in total. The van der Waals surface area contributed by atoms with E-state index in [-0.39, 0.29) is 11.9 Å². The Morgan fingerprint density at radius 3 is 2.70 bits per heavy atom. The fourth-order valence-corrected chi connectivity index (χ4v) is 4.84. The summed E-state index contributed by atoms with van der Waals surface area (Å²) in [6.07, 6.45) is 2.84. The van der Waals surface area contributed by atoms with Crippen molar-refractivity contribution >= 4 is 11.7 Å². The van der Waals surface area contributed by atoms with Crippen molar-refractivity contribution in [3.05, 3.63) is 65.2 Å². The summed E-state index contributed by atoms with van der Waals surface area (Å²) in [5.74, 6) is 0.450. The Morgan fingerprint density at radius 2 is 1.93 bits per heavy atom. The van der Waals surface area contributed by atoms with E-state index in [1.54, 1.807) is 0 Å². The Bertz CT molecular complexity index is 836. The highest BCUT2D eigenvalue weighted by Crippen LogP contribution is 2.48. The van der Waals surface area contributed by atoms with E-state index in [1.807, 2.05) is 61.2 Å². The third-order valence-electron chi connectivity index (χ3n) is 6.38. The molecule has 2 aromatic rings. The molecule has 27 heavy (non-hydrogen) atoms. The monoisotopic (exact) mass is 364 g/mol. The number of urea groups is 1. The Balaban J connectivity index is 1.53. The van der Waals surface area contributed by atoms with Gasteiger partial charge in [-0.05, 0) is 61.8 Å². The molecule has 0 unspecified atom stereocenters. The van der Waals surface area contributed by atoms with Gasteiger partial charge in [0.15, 0.2) is 0 Å². The first-order valence-corrected chi connectivity index (χ1v) is 9.88. The summed E-state index contributed by atoms with van der Waals surface area (Å²) in [5, 5.41) is 14.6. The van der Waals surface area contributed by atoms with E-state index in [1.165, 1.54) is 0 Å². The number of hydrogen-bond acceptors (Lipinski definition) is 2. The van der Waals surface area contributed by atoms with Gasteiger partial charge < -0.3 is 15.3 Å². The van der Waals surface area contributed by atoms with Gasteiger partial charge in [-0.2, -0.15) is 0 Å². The summed E-state index contributed by atoms with van der Waals surface area (Å²) < 4.78 is 0. The van der Waals surface area contributed by atoms with Crippen LogP contribution in [-0.4, -0.2) is 29.1 Å². The minimum atomic E-state index is -0.835. The maximum Gasteiger partial charge on any atom is 0.321 e. The molecule has 3 atom stereocenters. The van der Waals surface area contributed by atoms with Crippen LogP contribution in [0.3, 0.4) is 0 Å². The fraction of sp³-hybridized carbons (Fsp3) is 0.435. The quantitative estimate of drug-likeness (QED) is 0.827. The maximum absolute atomic E-state index is 12.9. The lowest BCUT2D eigenvalue weighted by Crippen LogP contribution is -2.43. The van der Waals surface area contributed by atoms with Gasteiger partial charge in [0.25, 0.3) is 0 Å². The first-order valence-electron chi connectivity index (χ1n) is 9.88. The molecule has 2 N–H and O–H groups in total. The van der Waals surface area contributed by atoms with Crippen molar-refractivity contribution in [2.45, 2.75) is 38.7 Å². The minimum Gasteiger partial charge on any atom is -0.385 e. The molecular weight excluding hydrogens is 336 g/mol. The van der Waals surface area contributed by atoms with Crippen molar-refractivity contribution in [1.29, 1.82) is 0 Å². The van der Waals surface area contributed by atoms with E-state index in [4.69, 9.17) is 0 Å². The Labute approximate surface area is 161 Å². The molecule has 1 aliphatic carbocycles. The number of carbonyl (C=O) groups excluding carboxylic acids is 1. The van der Waals surface area contributed by atoms with Crippen LogP contribution in [0.4, 0.5) is 10.5 Å². The van der Waals surface area contributed by atoms with Crippen LogP contribution >= 0.6 is 0 Å². The van der Waals surface area contributed by atoms with Gasteiger partial charge in [-0.15, -0.1) is 0 Å². The summed E-state index contributed by atoms with van der Waals surface area (Å²) in [6.45, 7) is 5.36. The van der Waals surface area contributed by atoms with Crippen LogP contribution < -0.4 is 5.32 Å². The van der Waals surface area contributed by atoms with E-state index in [0.29, 0.717) is 12.5 Å². The number of hydrogen-bond donors (Lipinski definition) is 2. The number of carbonyl (C=O) groups is 1. The zero-order valence-electron chi connectivity index (χ0n) is 16.1. The molecule has 1 aliphatic heterocycles. The number of aliphatic hydroxyl groups is 1. The van der Waals surface area contributed by atoms with Gasteiger partial charge in [-0.25, -0.2) is 4.79 Å². The predicted octanol–water partition coefficient (Wildman–Crippen LogP) is 4.46. The van der Waals surface area contributed by atoms with Gasteiger partial charge in [-0.3, -0.25) is 0 Å². The van der Waals surface area contributed by atoms with E-state index < -0.39 is 5.60 Å². The number of anilines is 1. The lowest BCUT2D eigenvalue weighted by atomic mass is 9.67. The molecule has 2 fully saturated rings. The van der Waals surface area contributed by atoms with Crippen LogP contribution in [0.25, 0.3) is 0 Å². The molecular formula is C23H28N2O2. The largest absolute Gasteiger partial charge is 0.385 e. The van der Waals surface area contributed by atoms with Crippen molar-refractivity contribution in [2.24, 2.45) is 11.8 Å². The van der Waals surface area contributed by atoms with Gasteiger partial charge in [0.1, 0.15) is 0 Å². The van der Waals surface area contributed by atoms with Crippen LogP contribution in [0.15, 0.2) is 48.5 Å². The van der Waals surface area contributed by atoms with Gasteiger partial charge >= 0.3 is 6.03 Å². The average molecular weight is 364 g/mol. The summed E-state index contributed by atoms with van der Waals surface area (Å²) in [4.78, 5) is 14.8. The normalized spacial score (nSPS) is 27.3. The van der Waals surface area contributed by atoms with E-state index >= 15 is 0 Å². The lowest BCUT2D eigenvalue weighted by molar-refractivity contribution is -0.0642. The molecule has 4 heteroatoms.